The van der Waals surface area contributed by atoms with Crippen molar-refractivity contribution in [2.75, 3.05) is 17.3 Å². The summed E-state index contributed by atoms with van der Waals surface area (Å²) in [7, 11) is 1.74. The summed E-state index contributed by atoms with van der Waals surface area (Å²) in [5.41, 5.74) is -0.333. The molecule has 0 saturated carbocycles. The molecule has 1 aromatic rings. The van der Waals surface area contributed by atoms with Gasteiger partial charge in [0.1, 0.15) is 11.7 Å². The van der Waals surface area contributed by atoms with E-state index >= 15 is 0 Å². The fraction of sp³-hybridized carbons (Fsp3) is 0.429. The Morgan fingerprint density at radius 2 is 2.25 bits per heavy atom. The van der Waals surface area contributed by atoms with Gasteiger partial charge in [0.25, 0.3) is 0 Å². The molecule has 0 fully saturated rings. The van der Waals surface area contributed by atoms with Gasteiger partial charge >= 0.3 is 0 Å². The zero-order valence-electron chi connectivity index (χ0n) is 11.5. The van der Waals surface area contributed by atoms with Gasteiger partial charge < -0.3 is 10.0 Å². The topological polar surface area (TPSA) is 64.3 Å². The monoisotopic (exact) mass is 358 g/mol. The second kappa shape index (κ2) is 6.57. The van der Waals surface area contributed by atoms with E-state index in [9.17, 15) is 9.90 Å². The lowest BCUT2D eigenvalue weighted by Crippen LogP contribution is -2.49. The molecule has 1 rings (SSSR count). The maximum Gasteiger partial charge on any atom is 0.186 e. The van der Waals surface area contributed by atoms with E-state index in [-0.39, 0.29) is 11.1 Å². The highest BCUT2D eigenvalue weighted by molar-refractivity contribution is 9.09. The molecule has 0 aliphatic heterocycles. The molecule has 0 amide bonds. The number of hydrogen-bond acceptors (Lipinski definition) is 4. The molecule has 4 nitrogen and oxygen atoms in total. The third kappa shape index (κ3) is 3.51. The van der Waals surface area contributed by atoms with Gasteiger partial charge in [0, 0.05) is 18.1 Å². The van der Waals surface area contributed by atoms with Crippen molar-refractivity contribution >= 4 is 39.0 Å². The molecule has 0 aromatic heterocycles. The standard InChI is InChI=1S/C14H16BrClN2O2/c1-9(13(19)14(2,20)8-15)18(3)11-5-4-10(7-17)12(16)6-11/h4-6,9,20H,8H2,1-3H3. The van der Waals surface area contributed by atoms with Crippen LogP contribution in [-0.4, -0.2) is 34.9 Å². The lowest BCUT2D eigenvalue weighted by Gasteiger charge is -2.31. The Labute approximate surface area is 132 Å². The number of alkyl halides is 1. The van der Waals surface area contributed by atoms with Crippen LogP contribution in [0.4, 0.5) is 5.69 Å². The lowest BCUT2D eigenvalue weighted by atomic mass is 9.97. The predicted octanol–water partition coefficient (Wildman–Crippen LogP) is 2.75. The molecule has 2 atom stereocenters. The number of halogens is 2. The van der Waals surface area contributed by atoms with E-state index in [1.54, 1.807) is 37.1 Å². The normalized spacial score (nSPS) is 15.1. The largest absolute Gasteiger partial charge is 0.381 e. The van der Waals surface area contributed by atoms with Gasteiger partial charge in [-0.2, -0.15) is 5.26 Å². The van der Waals surface area contributed by atoms with Gasteiger partial charge in [0.15, 0.2) is 5.78 Å². The van der Waals surface area contributed by atoms with Crippen molar-refractivity contribution in [2.45, 2.75) is 25.5 Å². The van der Waals surface area contributed by atoms with E-state index in [4.69, 9.17) is 16.9 Å². The first-order valence-electron chi connectivity index (χ1n) is 5.99. The fourth-order valence-electron chi connectivity index (χ4n) is 1.73. The predicted molar refractivity (Wildman–Crippen MR) is 83.5 cm³/mol. The van der Waals surface area contributed by atoms with Crippen molar-refractivity contribution in [3.63, 3.8) is 0 Å². The van der Waals surface area contributed by atoms with Crippen LogP contribution in [-0.2, 0) is 4.79 Å². The van der Waals surface area contributed by atoms with Gasteiger partial charge in [-0.1, -0.05) is 27.5 Å². The van der Waals surface area contributed by atoms with E-state index in [0.29, 0.717) is 16.3 Å². The average molecular weight is 360 g/mol. The Morgan fingerprint density at radius 1 is 1.65 bits per heavy atom. The van der Waals surface area contributed by atoms with Gasteiger partial charge in [-0.25, -0.2) is 0 Å². The molecule has 2 unspecified atom stereocenters. The van der Waals surface area contributed by atoms with Crippen molar-refractivity contribution < 1.29 is 9.90 Å². The minimum Gasteiger partial charge on any atom is -0.381 e. The molecule has 0 aliphatic rings. The van der Waals surface area contributed by atoms with Gasteiger partial charge in [-0.05, 0) is 32.0 Å². The van der Waals surface area contributed by atoms with Crippen molar-refractivity contribution in [1.82, 2.24) is 0 Å². The SMILES string of the molecule is CC(C(=O)C(C)(O)CBr)N(C)c1ccc(C#N)c(Cl)c1. The van der Waals surface area contributed by atoms with E-state index in [1.807, 2.05) is 6.07 Å². The number of nitrogens with zero attached hydrogens (tertiary/aromatic N) is 2. The van der Waals surface area contributed by atoms with Crippen LogP contribution >= 0.6 is 27.5 Å². The van der Waals surface area contributed by atoms with Gasteiger partial charge in [0.2, 0.25) is 0 Å². The Morgan fingerprint density at radius 3 is 2.70 bits per heavy atom. The number of rotatable bonds is 5. The molecule has 0 aliphatic carbocycles. The summed E-state index contributed by atoms with van der Waals surface area (Å²) in [6.45, 7) is 3.19. The van der Waals surface area contributed by atoms with Crippen LogP contribution in [0.2, 0.25) is 5.02 Å². The second-order valence-corrected chi connectivity index (χ2v) is 5.80. The molecule has 0 bridgehead atoms. The van der Waals surface area contributed by atoms with Crippen LogP contribution in [0.25, 0.3) is 0 Å². The Balaban J connectivity index is 3.01. The molecule has 1 N–H and O–H groups in total. The van der Waals surface area contributed by atoms with E-state index in [2.05, 4.69) is 15.9 Å². The maximum atomic E-state index is 12.2. The highest BCUT2D eigenvalue weighted by Gasteiger charge is 2.34. The Hall–Kier alpha value is -1.09. The highest BCUT2D eigenvalue weighted by atomic mass is 79.9. The summed E-state index contributed by atoms with van der Waals surface area (Å²) in [6.07, 6.45) is 0. The number of anilines is 1. The summed E-state index contributed by atoms with van der Waals surface area (Å²) in [5.74, 6) is -0.294. The summed E-state index contributed by atoms with van der Waals surface area (Å²) < 4.78 is 0. The first-order chi connectivity index (χ1) is 9.24. The second-order valence-electron chi connectivity index (χ2n) is 4.83. The lowest BCUT2D eigenvalue weighted by molar-refractivity contribution is -0.134. The molecule has 0 radical (unpaired) electrons. The van der Waals surface area contributed by atoms with Crippen LogP contribution in [0.15, 0.2) is 18.2 Å². The minimum absolute atomic E-state index is 0.172. The summed E-state index contributed by atoms with van der Waals surface area (Å²) in [5, 5.41) is 19.4. The number of aliphatic hydroxyl groups is 1. The number of Topliss-reactive ketones (excluding diaryl/α,β-unsaturated/α-hetero) is 1. The van der Waals surface area contributed by atoms with Crippen LogP contribution in [0.5, 0.6) is 0 Å². The number of hydrogen-bond donors (Lipinski definition) is 1. The van der Waals surface area contributed by atoms with Crippen molar-refractivity contribution in [3.8, 4) is 6.07 Å². The molecule has 20 heavy (non-hydrogen) atoms. The van der Waals surface area contributed by atoms with Gasteiger partial charge in [0.05, 0.1) is 16.6 Å². The molecule has 1 aromatic carbocycles. The van der Waals surface area contributed by atoms with E-state index in [0.717, 1.165) is 0 Å². The van der Waals surface area contributed by atoms with Crippen molar-refractivity contribution in [3.05, 3.63) is 28.8 Å². The number of carbonyl (C=O) groups excluding carboxylic acids is 1. The molecular formula is C14H16BrClN2O2. The zero-order valence-corrected chi connectivity index (χ0v) is 13.9. The quantitative estimate of drug-likeness (QED) is 0.821. The number of nitriles is 1. The number of benzene rings is 1. The highest BCUT2D eigenvalue weighted by Crippen LogP contribution is 2.25. The maximum absolute atomic E-state index is 12.2. The zero-order chi connectivity index (χ0) is 15.5. The van der Waals surface area contributed by atoms with Crippen LogP contribution in [0, 0.1) is 11.3 Å². The third-order valence-corrected chi connectivity index (χ3v) is 4.64. The number of ketones is 1. The number of likely N-dealkylation sites (N-methyl/N-ethyl adjacent to an activating group) is 1. The van der Waals surface area contributed by atoms with Crippen LogP contribution < -0.4 is 4.90 Å². The molecule has 108 valence electrons. The summed E-state index contributed by atoms with van der Waals surface area (Å²) in [6, 6.07) is 6.42. The molecular weight excluding hydrogens is 344 g/mol. The van der Waals surface area contributed by atoms with Crippen LogP contribution in [0.1, 0.15) is 19.4 Å². The fourth-order valence-corrected chi connectivity index (χ4v) is 2.22. The Kier molecular flexibility index (Phi) is 5.58. The smallest absolute Gasteiger partial charge is 0.186 e. The van der Waals surface area contributed by atoms with Crippen LogP contribution in [0.3, 0.4) is 0 Å². The molecule has 0 heterocycles. The Bertz CT molecular complexity index is 555. The first kappa shape index (κ1) is 17.0. The summed E-state index contributed by atoms with van der Waals surface area (Å²) in [4.78, 5) is 13.9. The molecule has 0 saturated heterocycles. The minimum atomic E-state index is -1.43. The van der Waals surface area contributed by atoms with Gasteiger partial charge in [-0.3, -0.25) is 4.79 Å². The third-order valence-electron chi connectivity index (χ3n) is 3.23. The van der Waals surface area contributed by atoms with Crippen molar-refractivity contribution in [2.24, 2.45) is 0 Å². The summed E-state index contributed by atoms with van der Waals surface area (Å²) >= 11 is 9.11. The van der Waals surface area contributed by atoms with E-state index in [1.165, 1.54) is 6.92 Å². The average Bonchev–Trinajstić information content (AvgIpc) is 2.44. The first-order valence-corrected chi connectivity index (χ1v) is 7.49. The van der Waals surface area contributed by atoms with Gasteiger partial charge in [-0.15, -0.1) is 0 Å². The van der Waals surface area contributed by atoms with Crippen molar-refractivity contribution in [1.29, 1.82) is 5.26 Å². The molecule has 6 heteroatoms. The molecule has 0 spiro atoms. The van der Waals surface area contributed by atoms with E-state index < -0.39 is 11.6 Å². The number of carbonyl (C=O) groups is 1.